The third-order valence-corrected chi connectivity index (χ3v) is 3.36. The maximum absolute atomic E-state index is 5.94. The zero-order valence-electron chi connectivity index (χ0n) is 9.19. The van der Waals surface area contributed by atoms with Crippen molar-refractivity contribution in [2.24, 2.45) is 0 Å². The number of rotatable bonds is 1. The van der Waals surface area contributed by atoms with E-state index in [0.29, 0.717) is 11.2 Å². The van der Waals surface area contributed by atoms with E-state index in [1.54, 1.807) is 6.07 Å². The molecule has 1 saturated heterocycles. The predicted octanol–water partition coefficient (Wildman–Crippen LogP) is 3.60. The van der Waals surface area contributed by atoms with Gasteiger partial charge in [-0.25, -0.2) is 4.98 Å². The van der Waals surface area contributed by atoms with E-state index in [0.717, 1.165) is 23.6 Å². The van der Waals surface area contributed by atoms with Gasteiger partial charge in [-0.15, -0.1) is 25.0 Å². The van der Waals surface area contributed by atoms with Crippen LogP contribution in [0.3, 0.4) is 0 Å². The fraction of sp³-hybridized carbons (Fsp3) is 0.545. The van der Waals surface area contributed by atoms with Crippen LogP contribution in [0.15, 0.2) is 17.0 Å². The maximum Gasteiger partial charge on any atom is 0.130 e. The lowest BCUT2D eigenvalue weighted by Gasteiger charge is -2.32. The summed E-state index contributed by atoms with van der Waals surface area (Å²) >= 11 is 10.3. The van der Waals surface area contributed by atoms with E-state index in [4.69, 9.17) is 11.6 Å². The highest BCUT2D eigenvalue weighted by atomic mass is 35.5. The Labute approximate surface area is 113 Å². The van der Waals surface area contributed by atoms with Gasteiger partial charge in [-0.3, -0.25) is 4.90 Å². The monoisotopic (exact) mass is 278 g/mol. The quantitative estimate of drug-likeness (QED) is 0.624. The Kier molecular flexibility index (Phi) is 5.38. The molecule has 1 aromatic rings. The number of likely N-dealkylation sites (tertiary alicyclic amines) is 1. The molecule has 0 amide bonds. The number of nitrogens with zero attached hydrogens (tertiary/aromatic N) is 2. The Bertz CT molecular complexity index is 340. The smallest absolute Gasteiger partial charge is 0.130 e. The van der Waals surface area contributed by atoms with Crippen molar-refractivity contribution in [2.75, 3.05) is 13.6 Å². The van der Waals surface area contributed by atoms with Crippen LogP contribution >= 0.6 is 36.6 Å². The Hall–Kier alpha value is 0.0400. The molecular weight excluding hydrogens is 263 g/mol. The first-order valence-electron chi connectivity index (χ1n) is 5.23. The standard InChI is InChI=1S/C11H15ClN2S.ClH/c1-14-5-3-2-4-10(14)9-6-8(15)7-11(12)13-9;/h6-7,10H,2-5H2,1H3,(H,13,15);1H. The summed E-state index contributed by atoms with van der Waals surface area (Å²) < 4.78 is 0. The van der Waals surface area contributed by atoms with E-state index in [9.17, 15) is 0 Å². The summed E-state index contributed by atoms with van der Waals surface area (Å²) in [6.07, 6.45) is 3.71. The molecule has 0 aliphatic carbocycles. The van der Waals surface area contributed by atoms with Crippen LogP contribution in [0.2, 0.25) is 5.15 Å². The fourth-order valence-electron chi connectivity index (χ4n) is 2.12. The molecule has 1 aliphatic heterocycles. The topological polar surface area (TPSA) is 16.1 Å². The van der Waals surface area contributed by atoms with Gasteiger partial charge in [0.1, 0.15) is 5.15 Å². The van der Waals surface area contributed by atoms with Crippen molar-refractivity contribution in [3.8, 4) is 0 Å². The Balaban J connectivity index is 0.00000128. The number of thiol groups is 1. The molecule has 0 saturated carbocycles. The summed E-state index contributed by atoms with van der Waals surface area (Å²) in [7, 11) is 2.14. The highest BCUT2D eigenvalue weighted by molar-refractivity contribution is 7.80. The third-order valence-electron chi connectivity index (χ3n) is 2.91. The van der Waals surface area contributed by atoms with E-state index in [2.05, 4.69) is 29.6 Å². The molecule has 2 rings (SSSR count). The van der Waals surface area contributed by atoms with E-state index in [1.807, 2.05) is 6.07 Å². The first-order valence-corrected chi connectivity index (χ1v) is 6.06. The molecule has 0 bridgehead atoms. The summed E-state index contributed by atoms with van der Waals surface area (Å²) in [5, 5.41) is 0.538. The van der Waals surface area contributed by atoms with Crippen LogP contribution in [-0.4, -0.2) is 23.5 Å². The molecule has 2 heterocycles. The minimum absolute atomic E-state index is 0. The van der Waals surface area contributed by atoms with Crippen LogP contribution < -0.4 is 0 Å². The number of halogens is 2. The van der Waals surface area contributed by atoms with E-state index in [1.165, 1.54) is 12.8 Å². The van der Waals surface area contributed by atoms with Crippen molar-refractivity contribution in [2.45, 2.75) is 30.2 Å². The van der Waals surface area contributed by atoms with Crippen molar-refractivity contribution in [1.82, 2.24) is 9.88 Å². The lowest BCUT2D eigenvalue weighted by atomic mass is 10.00. The Morgan fingerprint density at radius 2 is 2.19 bits per heavy atom. The normalized spacial score (nSPS) is 21.6. The van der Waals surface area contributed by atoms with Gasteiger partial charge in [-0.2, -0.15) is 0 Å². The molecule has 1 unspecified atom stereocenters. The second kappa shape index (κ2) is 6.10. The van der Waals surface area contributed by atoms with Crippen LogP contribution in [0.4, 0.5) is 0 Å². The summed E-state index contributed by atoms with van der Waals surface area (Å²) in [6, 6.07) is 4.20. The van der Waals surface area contributed by atoms with E-state index >= 15 is 0 Å². The highest BCUT2D eigenvalue weighted by Gasteiger charge is 2.22. The SMILES string of the molecule is CN1CCCCC1c1cc(S)cc(Cl)n1.Cl. The zero-order valence-corrected chi connectivity index (χ0v) is 11.7. The molecule has 1 aliphatic rings. The number of aromatic nitrogens is 1. The Morgan fingerprint density at radius 3 is 2.81 bits per heavy atom. The average molecular weight is 279 g/mol. The summed E-state index contributed by atoms with van der Waals surface area (Å²) in [4.78, 5) is 7.62. The number of piperidine rings is 1. The second-order valence-corrected chi connectivity index (χ2v) is 4.97. The van der Waals surface area contributed by atoms with Crippen LogP contribution in [0.1, 0.15) is 31.0 Å². The largest absolute Gasteiger partial charge is 0.298 e. The van der Waals surface area contributed by atoms with Crippen molar-refractivity contribution in [3.63, 3.8) is 0 Å². The lowest BCUT2D eigenvalue weighted by molar-refractivity contribution is 0.183. The zero-order chi connectivity index (χ0) is 10.8. The van der Waals surface area contributed by atoms with Crippen LogP contribution in [0, 0.1) is 0 Å². The molecule has 16 heavy (non-hydrogen) atoms. The number of pyridine rings is 1. The first-order chi connectivity index (χ1) is 7.16. The van der Waals surface area contributed by atoms with E-state index < -0.39 is 0 Å². The molecule has 5 heteroatoms. The number of hydrogen-bond acceptors (Lipinski definition) is 3. The molecule has 1 aromatic heterocycles. The van der Waals surface area contributed by atoms with Crippen molar-refractivity contribution >= 4 is 36.6 Å². The van der Waals surface area contributed by atoms with E-state index in [-0.39, 0.29) is 12.4 Å². The minimum Gasteiger partial charge on any atom is -0.298 e. The van der Waals surface area contributed by atoms with Gasteiger partial charge in [-0.05, 0) is 38.6 Å². The van der Waals surface area contributed by atoms with Gasteiger partial charge >= 0.3 is 0 Å². The van der Waals surface area contributed by atoms with Gasteiger partial charge in [0.15, 0.2) is 0 Å². The maximum atomic E-state index is 5.94. The third kappa shape index (κ3) is 3.27. The molecule has 1 atom stereocenters. The second-order valence-electron chi connectivity index (χ2n) is 4.07. The Morgan fingerprint density at radius 1 is 1.44 bits per heavy atom. The lowest BCUT2D eigenvalue weighted by Crippen LogP contribution is -2.30. The van der Waals surface area contributed by atoms with Gasteiger partial charge < -0.3 is 0 Å². The molecule has 0 radical (unpaired) electrons. The van der Waals surface area contributed by atoms with Gasteiger partial charge in [0.25, 0.3) is 0 Å². The summed E-state index contributed by atoms with van der Waals surface area (Å²) in [5.41, 5.74) is 1.05. The van der Waals surface area contributed by atoms with Gasteiger partial charge in [0.05, 0.1) is 11.7 Å². The molecule has 0 spiro atoms. The molecule has 2 nitrogen and oxygen atoms in total. The van der Waals surface area contributed by atoms with Crippen LogP contribution in [-0.2, 0) is 0 Å². The van der Waals surface area contributed by atoms with Crippen LogP contribution in [0.25, 0.3) is 0 Å². The molecule has 0 aromatic carbocycles. The molecule has 0 N–H and O–H groups in total. The minimum atomic E-state index is 0. The van der Waals surface area contributed by atoms with Gasteiger partial charge in [0.2, 0.25) is 0 Å². The van der Waals surface area contributed by atoms with Gasteiger partial charge in [-0.1, -0.05) is 18.0 Å². The summed E-state index contributed by atoms with van der Waals surface area (Å²) in [5.74, 6) is 0. The predicted molar refractivity (Wildman–Crippen MR) is 73.0 cm³/mol. The first kappa shape index (κ1) is 14.1. The fourth-order valence-corrected chi connectivity index (χ4v) is 2.67. The average Bonchev–Trinajstić information content (AvgIpc) is 2.16. The molecule has 90 valence electrons. The molecule has 1 fully saturated rings. The van der Waals surface area contributed by atoms with Gasteiger partial charge in [0, 0.05) is 4.90 Å². The van der Waals surface area contributed by atoms with Crippen molar-refractivity contribution < 1.29 is 0 Å². The number of hydrogen-bond donors (Lipinski definition) is 1. The highest BCUT2D eigenvalue weighted by Crippen LogP contribution is 2.30. The van der Waals surface area contributed by atoms with Crippen molar-refractivity contribution in [3.05, 3.63) is 23.0 Å². The summed E-state index contributed by atoms with van der Waals surface area (Å²) in [6.45, 7) is 1.14. The van der Waals surface area contributed by atoms with Crippen molar-refractivity contribution in [1.29, 1.82) is 0 Å². The van der Waals surface area contributed by atoms with Crippen LogP contribution in [0.5, 0.6) is 0 Å². The molecular formula is C11H16Cl2N2S.